The summed E-state index contributed by atoms with van der Waals surface area (Å²) >= 11 is 0.847. The third-order valence-corrected chi connectivity index (χ3v) is 6.19. The molecule has 3 rings (SSSR count). The average Bonchev–Trinajstić information content (AvgIpc) is 3.27. The molecule has 0 unspecified atom stereocenters. The number of benzene rings is 1. The van der Waals surface area contributed by atoms with Crippen LogP contribution in [0.2, 0.25) is 0 Å². The molecule has 33 heavy (non-hydrogen) atoms. The minimum absolute atomic E-state index is 0.00326. The molecule has 2 aromatic rings. The molecule has 0 spiro atoms. The highest BCUT2D eigenvalue weighted by Crippen LogP contribution is 2.41. The summed E-state index contributed by atoms with van der Waals surface area (Å²) in [6.07, 6.45) is 1.68. The van der Waals surface area contributed by atoms with E-state index >= 15 is 0 Å². The fourth-order valence-electron chi connectivity index (χ4n) is 3.50. The molecule has 1 saturated heterocycles. The van der Waals surface area contributed by atoms with Crippen LogP contribution in [0.3, 0.4) is 0 Å². The fraction of sp³-hybridized carbons (Fsp3) is 0.400. The number of amides is 2. The summed E-state index contributed by atoms with van der Waals surface area (Å²) < 4.78 is 10.0. The van der Waals surface area contributed by atoms with Gasteiger partial charge in [-0.1, -0.05) is 41.5 Å². The molecule has 1 fully saturated rings. The maximum Gasteiger partial charge on any atom is 0.373 e. The van der Waals surface area contributed by atoms with E-state index in [0.29, 0.717) is 5.76 Å². The number of imide groups is 1. The highest BCUT2D eigenvalue weighted by Gasteiger charge is 2.36. The van der Waals surface area contributed by atoms with E-state index in [4.69, 9.17) is 4.42 Å². The van der Waals surface area contributed by atoms with Gasteiger partial charge in [0.25, 0.3) is 11.1 Å². The van der Waals surface area contributed by atoms with Gasteiger partial charge < -0.3 is 14.3 Å². The number of furan rings is 1. The summed E-state index contributed by atoms with van der Waals surface area (Å²) in [6, 6.07) is 6.68. The lowest BCUT2D eigenvalue weighted by molar-refractivity contribution is -0.123. The Morgan fingerprint density at radius 1 is 1.09 bits per heavy atom. The van der Waals surface area contributed by atoms with E-state index in [1.165, 1.54) is 19.2 Å². The van der Waals surface area contributed by atoms with Crippen molar-refractivity contribution in [3.8, 4) is 5.75 Å². The standard InChI is InChI=1S/C25H29NO6S/c1-24(2,3)16-10-14(11-17(20(16)27)25(4,5)6)12-19-21(28)26(23(30)33-19)13-15-8-9-18(32-15)22(29)31-7/h8-12,27H,13H2,1-7H3/b19-12+. The molecule has 1 aliphatic heterocycles. The van der Waals surface area contributed by atoms with Crippen molar-refractivity contribution in [2.45, 2.75) is 58.9 Å². The highest BCUT2D eigenvalue weighted by molar-refractivity contribution is 8.18. The molecule has 176 valence electrons. The van der Waals surface area contributed by atoms with Gasteiger partial charge in [0.2, 0.25) is 5.76 Å². The van der Waals surface area contributed by atoms with Gasteiger partial charge >= 0.3 is 5.97 Å². The Hall–Kier alpha value is -3.00. The van der Waals surface area contributed by atoms with Crippen LogP contribution in [-0.4, -0.2) is 34.2 Å². The lowest BCUT2D eigenvalue weighted by Crippen LogP contribution is -2.27. The molecule has 7 nitrogen and oxygen atoms in total. The van der Waals surface area contributed by atoms with Crippen molar-refractivity contribution in [3.63, 3.8) is 0 Å². The third-order valence-electron chi connectivity index (χ3n) is 5.28. The summed E-state index contributed by atoms with van der Waals surface area (Å²) in [5.74, 6) is -0.521. The molecule has 2 amide bonds. The second-order valence-corrected chi connectivity index (χ2v) is 11.0. The molecular formula is C25H29NO6S. The first-order valence-corrected chi connectivity index (χ1v) is 11.3. The SMILES string of the molecule is COC(=O)c1ccc(CN2C(=O)S/C(=C/c3cc(C(C)(C)C)c(O)c(C(C)(C)C)c3)C2=O)o1. The molecule has 1 N–H and O–H groups in total. The first kappa shape index (κ1) is 24.6. The van der Waals surface area contributed by atoms with E-state index in [-0.39, 0.29) is 33.8 Å². The summed E-state index contributed by atoms with van der Waals surface area (Å²) in [6.45, 7) is 12.0. The topological polar surface area (TPSA) is 97.0 Å². The number of hydrogen-bond acceptors (Lipinski definition) is 7. The van der Waals surface area contributed by atoms with Gasteiger partial charge in [-0.05, 0) is 58.5 Å². The van der Waals surface area contributed by atoms with Crippen molar-refractivity contribution in [2.24, 2.45) is 0 Å². The molecule has 1 aliphatic rings. The molecule has 8 heteroatoms. The van der Waals surface area contributed by atoms with Crippen molar-refractivity contribution in [1.82, 2.24) is 4.90 Å². The van der Waals surface area contributed by atoms with Crippen molar-refractivity contribution < 1.29 is 28.6 Å². The third kappa shape index (κ3) is 5.16. The molecule has 0 bridgehead atoms. The Balaban J connectivity index is 1.94. The number of ether oxygens (including phenoxy) is 1. The van der Waals surface area contributed by atoms with Crippen molar-refractivity contribution in [1.29, 1.82) is 0 Å². The van der Waals surface area contributed by atoms with Crippen LogP contribution in [0.15, 0.2) is 33.6 Å². The van der Waals surface area contributed by atoms with Gasteiger partial charge in [0.15, 0.2) is 0 Å². The Kier molecular flexibility index (Phi) is 6.53. The Bertz CT molecular complexity index is 1110. The number of phenolic OH excluding ortho intramolecular Hbond substituents is 1. The minimum atomic E-state index is -0.632. The number of nitrogens with zero attached hydrogens (tertiary/aromatic N) is 1. The number of carbonyl (C=O) groups is 3. The number of carbonyl (C=O) groups excluding carboxylic acids is 3. The number of phenols is 1. The van der Waals surface area contributed by atoms with Gasteiger partial charge in [0.1, 0.15) is 11.5 Å². The number of thioether (sulfide) groups is 1. The Morgan fingerprint density at radius 2 is 1.67 bits per heavy atom. The van der Waals surface area contributed by atoms with E-state index < -0.39 is 17.1 Å². The van der Waals surface area contributed by atoms with E-state index in [1.54, 1.807) is 6.08 Å². The van der Waals surface area contributed by atoms with E-state index in [0.717, 1.165) is 33.4 Å². The summed E-state index contributed by atoms with van der Waals surface area (Å²) in [5, 5.41) is 10.5. The summed E-state index contributed by atoms with van der Waals surface area (Å²) in [5.41, 5.74) is 1.64. The summed E-state index contributed by atoms with van der Waals surface area (Å²) in [7, 11) is 1.24. The van der Waals surface area contributed by atoms with Crippen molar-refractivity contribution >= 4 is 35.0 Å². The zero-order valence-corrected chi connectivity index (χ0v) is 20.8. The molecule has 0 aliphatic carbocycles. The first-order chi connectivity index (χ1) is 15.2. The van der Waals surface area contributed by atoms with Crippen LogP contribution in [0.4, 0.5) is 4.79 Å². The van der Waals surface area contributed by atoms with E-state index in [9.17, 15) is 19.5 Å². The fourth-order valence-corrected chi connectivity index (χ4v) is 4.34. The molecule has 1 aromatic carbocycles. The predicted molar refractivity (Wildman–Crippen MR) is 127 cm³/mol. The van der Waals surface area contributed by atoms with Crippen molar-refractivity contribution in [3.05, 3.63) is 57.4 Å². The van der Waals surface area contributed by atoms with Gasteiger partial charge in [0, 0.05) is 11.1 Å². The molecular weight excluding hydrogens is 442 g/mol. The number of rotatable bonds is 4. The smallest absolute Gasteiger partial charge is 0.373 e. The van der Waals surface area contributed by atoms with Gasteiger partial charge in [-0.3, -0.25) is 14.5 Å². The van der Waals surface area contributed by atoms with Crippen LogP contribution >= 0.6 is 11.8 Å². The van der Waals surface area contributed by atoms with Crippen LogP contribution in [0.5, 0.6) is 5.75 Å². The number of esters is 1. The van der Waals surface area contributed by atoms with Crippen LogP contribution in [0.25, 0.3) is 6.08 Å². The molecule has 0 saturated carbocycles. The van der Waals surface area contributed by atoms with Gasteiger partial charge in [-0.25, -0.2) is 4.79 Å². The first-order valence-electron chi connectivity index (χ1n) is 10.5. The van der Waals surface area contributed by atoms with Crippen molar-refractivity contribution in [2.75, 3.05) is 7.11 Å². The zero-order chi connectivity index (χ0) is 24.7. The predicted octanol–water partition coefficient (Wildman–Crippen LogP) is 5.60. The molecule has 0 atom stereocenters. The van der Waals surface area contributed by atoms with Gasteiger partial charge in [0.05, 0.1) is 18.6 Å². The number of hydrogen-bond donors (Lipinski definition) is 1. The van der Waals surface area contributed by atoms with Crippen LogP contribution in [-0.2, 0) is 26.9 Å². The van der Waals surface area contributed by atoms with Crippen LogP contribution < -0.4 is 0 Å². The lowest BCUT2D eigenvalue weighted by Gasteiger charge is -2.28. The molecule has 1 aromatic heterocycles. The maximum absolute atomic E-state index is 13.0. The average molecular weight is 472 g/mol. The lowest BCUT2D eigenvalue weighted by atomic mass is 9.78. The van der Waals surface area contributed by atoms with E-state index in [2.05, 4.69) is 4.74 Å². The van der Waals surface area contributed by atoms with Crippen LogP contribution in [0, 0.1) is 0 Å². The largest absolute Gasteiger partial charge is 0.507 e. The zero-order valence-electron chi connectivity index (χ0n) is 19.9. The molecule has 0 radical (unpaired) electrons. The van der Waals surface area contributed by atoms with Gasteiger partial charge in [-0.2, -0.15) is 0 Å². The maximum atomic E-state index is 13.0. The second-order valence-electron chi connectivity index (χ2n) is 9.99. The minimum Gasteiger partial charge on any atom is -0.507 e. The number of aromatic hydroxyl groups is 1. The summed E-state index contributed by atoms with van der Waals surface area (Å²) in [4.78, 5) is 38.5. The highest BCUT2D eigenvalue weighted by atomic mass is 32.2. The van der Waals surface area contributed by atoms with Crippen LogP contribution in [0.1, 0.15) is 74.5 Å². The normalized spacial score (nSPS) is 16.1. The van der Waals surface area contributed by atoms with Gasteiger partial charge in [-0.15, -0.1) is 0 Å². The molecule has 2 heterocycles. The second kappa shape index (κ2) is 8.74. The quantitative estimate of drug-likeness (QED) is 0.458. The Morgan fingerprint density at radius 3 is 2.18 bits per heavy atom. The van der Waals surface area contributed by atoms with E-state index in [1.807, 2.05) is 53.7 Å². The number of methoxy groups -OCH3 is 1. The monoisotopic (exact) mass is 471 g/mol. The Labute approximate surface area is 197 Å².